The molecule has 4 nitrogen and oxygen atoms in total. The Hall–Kier alpha value is -2.67. The van der Waals surface area contributed by atoms with Gasteiger partial charge in [-0.25, -0.2) is 0 Å². The molecule has 0 amide bonds. The van der Waals surface area contributed by atoms with E-state index in [0.717, 1.165) is 16.7 Å². The van der Waals surface area contributed by atoms with Gasteiger partial charge in [-0.05, 0) is 41.8 Å². The fourth-order valence-electron chi connectivity index (χ4n) is 1.81. The first kappa shape index (κ1) is 15.4. The molecule has 0 N–H and O–H groups in total. The first-order valence-corrected chi connectivity index (χ1v) is 6.37. The summed E-state index contributed by atoms with van der Waals surface area (Å²) in [5.74, 6) is 0. The van der Waals surface area contributed by atoms with Crippen LogP contribution in [0.2, 0.25) is 0 Å². The maximum absolute atomic E-state index is 10.7. The minimum Gasteiger partial charge on any atom is -0.258 e. The standard InChI is InChI=1S/C14H10N2O2.C2H6/c1-10-8-13(16(17)18)6-7-14(10)12-4-2-11(9-15)3-5-12;1-2/h2-8H,1H3;1-2H3. The van der Waals surface area contributed by atoms with Crippen molar-refractivity contribution in [2.45, 2.75) is 20.8 Å². The lowest BCUT2D eigenvalue weighted by Gasteiger charge is -2.05. The molecule has 0 saturated heterocycles. The van der Waals surface area contributed by atoms with Gasteiger partial charge in [0.15, 0.2) is 0 Å². The maximum Gasteiger partial charge on any atom is 0.269 e. The SMILES string of the molecule is CC.Cc1cc([N+](=O)[O-])ccc1-c1ccc(C#N)cc1. The molecule has 0 aliphatic rings. The van der Waals surface area contributed by atoms with Gasteiger partial charge in [0, 0.05) is 12.1 Å². The van der Waals surface area contributed by atoms with E-state index in [-0.39, 0.29) is 5.69 Å². The molecule has 102 valence electrons. The summed E-state index contributed by atoms with van der Waals surface area (Å²) < 4.78 is 0. The van der Waals surface area contributed by atoms with Crippen molar-refractivity contribution in [2.24, 2.45) is 0 Å². The van der Waals surface area contributed by atoms with Crippen molar-refractivity contribution in [3.8, 4) is 17.2 Å². The van der Waals surface area contributed by atoms with Crippen molar-refractivity contribution in [3.05, 3.63) is 63.7 Å². The summed E-state index contributed by atoms with van der Waals surface area (Å²) in [4.78, 5) is 10.2. The van der Waals surface area contributed by atoms with Gasteiger partial charge in [0.05, 0.1) is 16.6 Å². The average molecular weight is 268 g/mol. The van der Waals surface area contributed by atoms with Crippen LogP contribution in [0.5, 0.6) is 0 Å². The van der Waals surface area contributed by atoms with E-state index < -0.39 is 4.92 Å². The zero-order valence-corrected chi connectivity index (χ0v) is 11.8. The van der Waals surface area contributed by atoms with Gasteiger partial charge in [0.25, 0.3) is 5.69 Å². The van der Waals surface area contributed by atoms with E-state index >= 15 is 0 Å². The van der Waals surface area contributed by atoms with E-state index in [1.165, 1.54) is 6.07 Å². The fourth-order valence-corrected chi connectivity index (χ4v) is 1.81. The van der Waals surface area contributed by atoms with Gasteiger partial charge < -0.3 is 0 Å². The molecule has 0 aliphatic heterocycles. The molecule has 0 fully saturated rings. The molecule has 0 bridgehead atoms. The van der Waals surface area contributed by atoms with Crippen molar-refractivity contribution in [1.29, 1.82) is 5.26 Å². The first-order chi connectivity index (χ1) is 9.61. The van der Waals surface area contributed by atoms with Gasteiger partial charge in [-0.15, -0.1) is 0 Å². The average Bonchev–Trinajstić information content (AvgIpc) is 2.49. The lowest BCUT2D eigenvalue weighted by Crippen LogP contribution is -1.90. The predicted molar refractivity (Wildman–Crippen MR) is 79.3 cm³/mol. The second-order valence-corrected chi connectivity index (χ2v) is 3.95. The summed E-state index contributed by atoms with van der Waals surface area (Å²) in [5, 5.41) is 19.4. The molecule has 0 saturated carbocycles. The number of hydrogen-bond donors (Lipinski definition) is 0. The number of nitro benzene ring substituents is 1. The lowest BCUT2D eigenvalue weighted by atomic mass is 9.99. The molecule has 4 heteroatoms. The topological polar surface area (TPSA) is 66.9 Å². The minimum atomic E-state index is -0.407. The first-order valence-electron chi connectivity index (χ1n) is 6.37. The normalized spacial score (nSPS) is 9.10. The van der Waals surface area contributed by atoms with Crippen molar-refractivity contribution in [1.82, 2.24) is 0 Å². The number of hydrogen-bond acceptors (Lipinski definition) is 3. The molecular weight excluding hydrogens is 252 g/mol. The highest BCUT2D eigenvalue weighted by Gasteiger charge is 2.09. The predicted octanol–water partition coefficient (Wildman–Crippen LogP) is 4.47. The smallest absolute Gasteiger partial charge is 0.258 e. The zero-order chi connectivity index (χ0) is 15.1. The number of benzene rings is 2. The molecule has 2 aromatic carbocycles. The third-order valence-electron chi connectivity index (χ3n) is 2.75. The Kier molecular flexibility index (Phi) is 5.42. The molecule has 0 spiro atoms. The highest BCUT2D eigenvalue weighted by molar-refractivity contribution is 5.69. The lowest BCUT2D eigenvalue weighted by molar-refractivity contribution is -0.384. The van der Waals surface area contributed by atoms with E-state index in [0.29, 0.717) is 5.56 Å². The Labute approximate surface area is 118 Å². The largest absolute Gasteiger partial charge is 0.269 e. The van der Waals surface area contributed by atoms with Crippen LogP contribution in [0.4, 0.5) is 5.69 Å². The van der Waals surface area contributed by atoms with Crippen LogP contribution in [0.3, 0.4) is 0 Å². The van der Waals surface area contributed by atoms with Crippen LogP contribution in [0.15, 0.2) is 42.5 Å². The van der Waals surface area contributed by atoms with Crippen molar-refractivity contribution < 1.29 is 4.92 Å². The number of nitrogens with zero attached hydrogens (tertiary/aromatic N) is 2. The second-order valence-electron chi connectivity index (χ2n) is 3.95. The molecule has 2 aromatic rings. The quantitative estimate of drug-likeness (QED) is 0.596. The monoisotopic (exact) mass is 268 g/mol. The molecule has 2 rings (SSSR count). The molecule has 0 aliphatic carbocycles. The summed E-state index contributed by atoms with van der Waals surface area (Å²) in [6, 6.07) is 14.0. The van der Waals surface area contributed by atoms with Gasteiger partial charge in [-0.2, -0.15) is 5.26 Å². The summed E-state index contributed by atoms with van der Waals surface area (Å²) in [6.45, 7) is 5.83. The van der Waals surface area contributed by atoms with Gasteiger partial charge in [0.1, 0.15) is 0 Å². The van der Waals surface area contributed by atoms with Crippen LogP contribution in [-0.4, -0.2) is 4.92 Å². The number of rotatable bonds is 2. The molecule has 0 aromatic heterocycles. The summed E-state index contributed by atoms with van der Waals surface area (Å²) in [5.41, 5.74) is 3.41. The minimum absolute atomic E-state index is 0.0879. The summed E-state index contributed by atoms with van der Waals surface area (Å²) >= 11 is 0. The molecule has 20 heavy (non-hydrogen) atoms. The number of nitriles is 1. The fraction of sp³-hybridized carbons (Fsp3) is 0.188. The van der Waals surface area contributed by atoms with E-state index in [1.54, 1.807) is 24.3 Å². The summed E-state index contributed by atoms with van der Waals surface area (Å²) in [6.07, 6.45) is 0. The number of aryl methyl sites for hydroxylation is 1. The third kappa shape index (κ3) is 3.42. The Morgan fingerprint density at radius 1 is 1.10 bits per heavy atom. The highest BCUT2D eigenvalue weighted by Crippen LogP contribution is 2.26. The van der Waals surface area contributed by atoms with Gasteiger partial charge in [-0.1, -0.05) is 26.0 Å². The second kappa shape index (κ2) is 7.05. The molecule has 0 unspecified atom stereocenters. The van der Waals surface area contributed by atoms with Gasteiger partial charge >= 0.3 is 0 Å². The van der Waals surface area contributed by atoms with Gasteiger partial charge in [0.2, 0.25) is 0 Å². The maximum atomic E-state index is 10.7. The Morgan fingerprint density at radius 3 is 2.15 bits per heavy atom. The highest BCUT2D eigenvalue weighted by atomic mass is 16.6. The third-order valence-corrected chi connectivity index (χ3v) is 2.75. The van der Waals surface area contributed by atoms with Gasteiger partial charge in [-0.3, -0.25) is 10.1 Å². The van der Waals surface area contributed by atoms with Crippen LogP contribution in [0, 0.1) is 28.4 Å². The van der Waals surface area contributed by atoms with Crippen LogP contribution in [0.25, 0.3) is 11.1 Å². The van der Waals surface area contributed by atoms with Crippen LogP contribution < -0.4 is 0 Å². The number of nitro groups is 1. The molecule has 0 radical (unpaired) electrons. The zero-order valence-electron chi connectivity index (χ0n) is 11.8. The van der Waals surface area contributed by atoms with E-state index in [4.69, 9.17) is 5.26 Å². The van der Waals surface area contributed by atoms with Crippen LogP contribution >= 0.6 is 0 Å². The number of non-ortho nitro benzene ring substituents is 1. The molecule has 0 heterocycles. The Bertz CT molecular complexity index is 641. The Morgan fingerprint density at radius 2 is 1.70 bits per heavy atom. The molecular formula is C16H16N2O2. The van der Waals surface area contributed by atoms with E-state index in [9.17, 15) is 10.1 Å². The van der Waals surface area contributed by atoms with E-state index in [2.05, 4.69) is 6.07 Å². The molecule has 0 atom stereocenters. The van der Waals surface area contributed by atoms with E-state index in [1.807, 2.05) is 32.9 Å². The summed E-state index contributed by atoms with van der Waals surface area (Å²) in [7, 11) is 0. The van der Waals surface area contributed by atoms with Crippen LogP contribution in [-0.2, 0) is 0 Å². The van der Waals surface area contributed by atoms with Crippen molar-refractivity contribution in [3.63, 3.8) is 0 Å². The Balaban J connectivity index is 0.000000956. The van der Waals surface area contributed by atoms with Crippen LogP contribution in [0.1, 0.15) is 25.0 Å². The van der Waals surface area contributed by atoms with Crippen molar-refractivity contribution >= 4 is 5.69 Å². The van der Waals surface area contributed by atoms with Crippen molar-refractivity contribution in [2.75, 3.05) is 0 Å².